The Kier molecular flexibility index (Phi) is 4.82. The number of nitrogens with one attached hydrogen (secondary N) is 1. The molecular weight excluding hydrogens is 374 g/mol. The van der Waals surface area contributed by atoms with Crippen molar-refractivity contribution in [3.8, 4) is 11.8 Å². The highest BCUT2D eigenvalue weighted by Crippen LogP contribution is 2.39. The minimum atomic E-state index is -0.830. The number of anilines is 2. The number of fused-ring (bicyclic) bond motifs is 2. The summed E-state index contributed by atoms with van der Waals surface area (Å²) in [5, 5.41) is 13.1. The number of nitrogens with zero attached hydrogens (tertiary/aromatic N) is 2. The number of carbonyl (C=O) groups is 2. The van der Waals surface area contributed by atoms with E-state index in [9.17, 15) is 14.9 Å². The fourth-order valence-corrected chi connectivity index (χ4v) is 5.18. The van der Waals surface area contributed by atoms with E-state index in [0.717, 1.165) is 24.8 Å². The number of para-hydroxylation sites is 2. The van der Waals surface area contributed by atoms with Gasteiger partial charge in [-0.25, -0.2) is 0 Å². The maximum Gasteiger partial charge on any atom is 0.267 e. The van der Waals surface area contributed by atoms with E-state index in [-0.39, 0.29) is 18.4 Å². The van der Waals surface area contributed by atoms with Crippen molar-refractivity contribution in [2.24, 2.45) is 5.92 Å². The first-order valence-electron chi connectivity index (χ1n) is 9.37. The second kappa shape index (κ2) is 7.28. The van der Waals surface area contributed by atoms with Crippen LogP contribution in [0.15, 0.2) is 24.3 Å². The van der Waals surface area contributed by atoms with Crippen LogP contribution < -0.4 is 15.0 Å². The van der Waals surface area contributed by atoms with Gasteiger partial charge in [0.25, 0.3) is 5.91 Å². The summed E-state index contributed by atoms with van der Waals surface area (Å²) in [6.45, 7) is 3.82. The lowest BCUT2D eigenvalue weighted by molar-refractivity contribution is -0.123. The van der Waals surface area contributed by atoms with Gasteiger partial charge < -0.3 is 15.0 Å². The molecule has 0 spiro atoms. The van der Waals surface area contributed by atoms with E-state index in [1.54, 1.807) is 23.1 Å². The van der Waals surface area contributed by atoms with Gasteiger partial charge in [0.2, 0.25) is 5.91 Å². The minimum absolute atomic E-state index is 0.141. The maximum atomic E-state index is 12.9. The molecule has 0 saturated carbocycles. The van der Waals surface area contributed by atoms with Gasteiger partial charge in [0.1, 0.15) is 16.8 Å². The molecule has 144 valence electrons. The third-order valence-electron chi connectivity index (χ3n) is 5.31. The molecule has 2 heterocycles. The van der Waals surface area contributed by atoms with Gasteiger partial charge in [0, 0.05) is 11.8 Å². The van der Waals surface area contributed by atoms with Gasteiger partial charge in [0.05, 0.1) is 17.8 Å². The number of hydrogen-bond donors (Lipinski definition) is 1. The molecule has 1 aromatic carbocycles. The number of ether oxygens (including phenoxy) is 1. The van der Waals surface area contributed by atoms with Crippen molar-refractivity contribution in [2.75, 3.05) is 16.8 Å². The lowest BCUT2D eigenvalue weighted by atomic mass is 9.88. The number of hydrogen-bond acceptors (Lipinski definition) is 5. The van der Waals surface area contributed by atoms with Gasteiger partial charge in [-0.15, -0.1) is 11.3 Å². The molecule has 6 nitrogen and oxygen atoms in total. The zero-order chi connectivity index (χ0) is 19.8. The predicted octanol–water partition coefficient (Wildman–Crippen LogP) is 3.50. The summed E-state index contributed by atoms with van der Waals surface area (Å²) in [4.78, 5) is 27.7. The standard InChI is InChI=1S/C21H21N3O3S/c1-12-7-8-14-15(10-22)21(28-19(14)9-12)23-20(26)18-11-24(13(2)25)16-5-3-4-6-17(16)27-18/h3-6,12,18H,7-9,11H2,1-2H3,(H,23,26)/t12-,18-/m0/s1. The lowest BCUT2D eigenvalue weighted by Gasteiger charge is -2.33. The van der Waals surface area contributed by atoms with Crippen LogP contribution >= 0.6 is 11.3 Å². The molecule has 0 fully saturated rings. The van der Waals surface area contributed by atoms with Gasteiger partial charge >= 0.3 is 0 Å². The average molecular weight is 395 g/mol. The van der Waals surface area contributed by atoms with E-state index in [4.69, 9.17) is 4.74 Å². The normalized spacial score (nSPS) is 20.4. The molecule has 2 aromatic rings. The summed E-state index contributed by atoms with van der Waals surface area (Å²) < 4.78 is 5.85. The second-order valence-electron chi connectivity index (χ2n) is 7.36. The Balaban J connectivity index is 1.58. The van der Waals surface area contributed by atoms with Crippen LogP contribution in [-0.4, -0.2) is 24.5 Å². The third-order valence-corrected chi connectivity index (χ3v) is 6.48. The fraction of sp³-hybridized carbons (Fsp3) is 0.381. The highest BCUT2D eigenvalue weighted by Gasteiger charge is 2.34. The summed E-state index contributed by atoms with van der Waals surface area (Å²) in [6.07, 6.45) is 2.04. The maximum absolute atomic E-state index is 12.9. The lowest BCUT2D eigenvalue weighted by Crippen LogP contribution is -2.48. The van der Waals surface area contributed by atoms with E-state index in [1.165, 1.54) is 23.1 Å². The smallest absolute Gasteiger partial charge is 0.267 e. The van der Waals surface area contributed by atoms with E-state index >= 15 is 0 Å². The van der Waals surface area contributed by atoms with Gasteiger partial charge in [-0.05, 0) is 42.9 Å². The number of amides is 2. The van der Waals surface area contributed by atoms with Crippen molar-refractivity contribution < 1.29 is 14.3 Å². The third kappa shape index (κ3) is 3.25. The second-order valence-corrected chi connectivity index (χ2v) is 8.47. The Bertz CT molecular complexity index is 991. The molecule has 1 aromatic heterocycles. The van der Waals surface area contributed by atoms with Crippen molar-refractivity contribution in [3.63, 3.8) is 0 Å². The number of rotatable bonds is 2. The predicted molar refractivity (Wildman–Crippen MR) is 108 cm³/mol. The Morgan fingerprint density at radius 1 is 1.36 bits per heavy atom. The van der Waals surface area contributed by atoms with Gasteiger partial charge in [0.15, 0.2) is 6.10 Å². The minimum Gasteiger partial charge on any atom is -0.476 e. The molecule has 0 unspecified atom stereocenters. The molecule has 28 heavy (non-hydrogen) atoms. The van der Waals surface area contributed by atoms with Crippen LogP contribution in [0.5, 0.6) is 5.75 Å². The molecule has 2 aliphatic rings. The summed E-state index contributed by atoms with van der Waals surface area (Å²) in [6, 6.07) is 9.44. The molecule has 1 N–H and O–H groups in total. The number of thiophene rings is 1. The summed E-state index contributed by atoms with van der Waals surface area (Å²) >= 11 is 1.48. The fourth-order valence-electron chi connectivity index (χ4n) is 3.82. The molecule has 0 saturated heterocycles. The van der Waals surface area contributed by atoms with Crippen LogP contribution in [0.4, 0.5) is 10.7 Å². The van der Waals surface area contributed by atoms with Crippen LogP contribution in [0.3, 0.4) is 0 Å². The molecule has 1 aliphatic heterocycles. The summed E-state index contributed by atoms with van der Waals surface area (Å²) in [5.74, 6) is 0.600. The largest absolute Gasteiger partial charge is 0.476 e. The number of nitriles is 1. The van der Waals surface area contributed by atoms with E-state index in [0.29, 0.717) is 27.9 Å². The molecule has 7 heteroatoms. The number of carbonyl (C=O) groups excluding carboxylic acids is 2. The van der Waals surface area contributed by atoms with Crippen LogP contribution in [0.2, 0.25) is 0 Å². The molecule has 4 rings (SSSR count). The Morgan fingerprint density at radius 2 is 2.14 bits per heavy atom. The number of benzene rings is 1. The Morgan fingerprint density at radius 3 is 2.89 bits per heavy atom. The van der Waals surface area contributed by atoms with Crippen LogP contribution in [0, 0.1) is 17.2 Å². The van der Waals surface area contributed by atoms with Crippen molar-refractivity contribution in [1.82, 2.24) is 0 Å². The first-order chi connectivity index (χ1) is 13.5. The molecule has 2 amide bonds. The summed E-state index contributed by atoms with van der Waals surface area (Å²) in [5.41, 5.74) is 2.30. The van der Waals surface area contributed by atoms with Gasteiger partial charge in [-0.1, -0.05) is 19.1 Å². The zero-order valence-electron chi connectivity index (χ0n) is 15.8. The SMILES string of the molecule is CC(=O)N1C[C@@H](C(=O)Nc2sc3c(c2C#N)CC[C@H](C)C3)Oc2ccccc21. The molecule has 0 bridgehead atoms. The van der Waals surface area contributed by atoms with Crippen molar-refractivity contribution >= 4 is 33.8 Å². The van der Waals surface area contributed by atoms with Gasteiger partial charge in [-0.3, -0.25) is 9.59 Å². The zero-order valence-corrected chi connectivity index (χ0v) is 16.6. The molecular formula is C21H21N3O3S. The van der Waals surface area contributed by atoms with E-state index < -0.39 is 6.10 Å². The molecule has 2 atom stereocenters. The van der Waals surface area contributed by atoms with Crippen LogP contribution in [0.1, 0.15) is 36.3 Å². The quantitative estimate of drug-likeness (QED) is 0.844. The van der Waals surface area contributed by atoms with Crippen molar-refractivity contribution in [3.05, 3.63) is 40.3 Å². The van der Waals surface area contributed by atoms with E-state index in [2.05, 4.69) is 18.3 Å². The van der Waals surface area contributed by atoms with Gasteiger partial charge in [-0.2, -0.15) is 5.26 Å². The highest BCUT2D eigenvalue weighted by molar-refractivity contribution is 7.16. The highest BCUT2D eigenvalue weighted by atomic mass is 32.1. The first-order valence-corrected chi connectivity index (χ1v) is 10.2. The van der Waals surface area contributed by atoms with E-state index in [1.807, 2.05) is 6.07 Å². The van der Waals surface area contributed by atoms with Crippen molar-refractivity contribution in [1.29, 1.82) is 5.26 Å². The van der Waals surface area contributed by atoms with Crippen molar-refractivity contribution in [2.45, 2.75) is 39.2 Å². The first kappa shape index (κ1) is 18.5. The average Bonchev–Trinajstić information content (AvgIpc) is 3.02. The molecule has 0 radical (unpaired) electrons. The Hall–Kier alpha value is -2.85. The summed E-state index contributed by atoms with van der Waals surface area (Å²) in [7, 11) is 0. The topological polar surface area (TPSA) is 82.4 Å². The monoisotopic (exact) mass is 395 g/mol. The van der Waals surface area contributed by atoms with Crippen LogP contribution in [-0.2, 0) is 22.4 Å². The van der Waals surface area contributed by atoms with Crippen LogP contribution in [0.25, 0.3) is 0 Å². The Labute approximate surface area is 167 Å². The molecule has 1 aliphatic carbocycles.